The predicted octanol–water partition coefficient (Wildman–Crippen LogP) is 3.26. The summed E-state index contributed by atoms with van der Waals surface area (Å²) in [4.78, 5) is 29.3. The molecule has 0 radical (unpaired) electrons. The zero-order valence-corrected chi connectivity index (χ0v) is 22.3. The van der Waals surface area contributed by atoms with E-state index in [1.807, 2.05) is 20.8 Å². The van der Waals surface area contributed by atoms with Crippen LogP contribution >= 0.6 is 0 Å². The van der Waals surface area contributed by atoms with Crippen LogP contribution in [0.4, 0.5) is 5.82 Å². The number of nitrogens with zero attached hydrogens (tertiary/aromatic N) is 6. The van der Waals surface area contributed by atoms with Gasteiger partial charge in [-0.2, -0.15) is 5.10 Å². The van der Waals surface area contributed by atoms with E-state index in [0.29, 0.717) is 24.7 Å². The van der Waals surface area contributed by atoms with Crippen molar-refractivity contribution in [2.75, 3.05) is 37.3 Å². The van der Waals surface area contributed by atoms with E-state index in [-0.39, 0.29) is 10.9 Å². The topological polar surface area (TPSA) is 111 Å². The van der Waals surface area contributed by atoms with Gasteiger partial charge in [-0.15, -0.1) is 5.06 Å². The van der Waals surface area contributed by atoms with Crippen LogP contribution in [0.2, 0.25) is 0 Å². The van der Waals surface area contributed by atoms with Crippen molar-refractivity contribution in [2.24, 2.45) is 11.3 Å². The highest BCUT2D eigenvalue weighted by Crippen LogP contribution is 2.28. The van der Waals surface area contributed by atoms with Crippen LogP contribution in [-0.2, 0) is 19.5 Å². The van der Waals surface area contributed by atoms with Gasteiger partial charge >= 0.3 is 5.97 Å². The van der Waals surface area contributed by atoms with Crippen LogP contribution in [0.25, 0.3) is 16.7 Å². The van der Waals surface area contributed by atoms with Crippen molar-refractivity contribution in [2.45, 2.75) is 45.4 Å². The standard InChI is InChI=1S/C25H34N6O4S/c1-6-29(16-18-11-13-30(14-12-18)35-24(32)25(2,3)4)22-21-15-28-31(23(21)27-17-26-22)19-7-9-20(10-8-19)36(5,33)34/h7-10,15,17-18H,6,11-14,16H2,1-5H3. The van der Waals surface area contributed by atoms with Crippen LogP contribution in [0.5, 0.6) is 0 Å². The van der Waals surface area contributed by atoms with Crippen molar-refractivity contribution < 1.29 is 18.0 Å². The summed E-state index contributed by atoms with van der Waals surface area (Å²) in [5.41, 5.74) is 0.866. The normalized spacial score (nSPS) is 15.8. The highest BCUT2D eigenvalue weighted by molar-refractivity contribution is 7.90. The Morgan fingerprint density at radius 1 is 1.14 bits per heavy atom. The van der Waals surface area contributed by atoms with E-state index in [1.54, 1.807) is 40.2 Å². The zero-order valence-electron chi connectivity index (χ0n) is 21.5. The third-order valence-corrected chi connectivity index (χ3v) is 7.54. The molecule has 194 valence electrons. The van der Waals surface area contributed by atoms with Gasteiger partial charge < -0.3 is 9.74 Å². The third-order valence-electron chi connectivity index (χ3n) is 6.41. The fraction of sp³-hybridized carbons (Fsp3) is 0.520. The molecular weight excluding hydrogens is 480 g/mol. The molecule has 0 atom stereocenters. The lowest BCUT2D eigenvalue weighted by Gasteiger charge is -2.34. The molecule has 1 aliphatic heterocycles. The Morgan fingerprint density at radius 2 is 1.81 bits per heavy atom. The fourth-order valence-electron chi connectivity index (χ4n) is 4.22. The maximum absolute atomic E-state index is 12.2. The number of sulfone groups is 1. The van der Waals surface area contributed by atoms with Gasteiger partial charge in [-0.1, -0.05) is 0 Å². The summed E-state index contributed by atoms with van der Waals surface area (Å²) in [7, 11) is -3.27. The molecule has 11 heteroatoms. The van der Waals surface area contributed by atoms with Crippen LogP contribution in [-0.4, -0.2) is 71.6 Å². The number of hydrogen-bond donors (Lipinski definition) is 0. The van der Waals surface area contributed by atoms with E-state index in [2.05, 4.69) is 26.9 Å². The van der Waals surface area contributed by atoms with Gasteiger partial charge in [0.2, 0.25) is 0 Å². The molecule has 10 nitrogen and oxygen atoms in total. The number of anilines is 1. The Bertz CT molecular complexity index is 1320. The molecule has 0 saturated carbocycles. The summed E-state index contributed by atoms with van der Waals surface area (Å²) in [5, 5.41) is 7.14. The number of piperidine rings is 1. The quantitative estimate of drug-likeness (QED) is 0.469. The van der Waals surface area contributed by atoms with Crippen molar-refractivity contribution >= 4 is 32.7 Å². The first-order valence-corrected chi connectivity index (χ1v) is 14.1. The Kier molecular flexibility index (Phi) is 7.33. The monoisotopic (exact) mass is 514 g/mol. The van der Waals surface area contributed by atoms with E-state index in [0.717, 1.165) is 42.8 Å². The molecule has 0 unspecified atom stereocenters. The summed E-state index contributed by atoms with van der Waals surface area (Å²) in [5.74, 6) is 1.06. The van der Waals surface area contributed by atoms with E-state index < -0.39 is 15.3 Å². The van der Waals surface area contributed by atoms with E-state index in [9.17, 15) is 13.2 Å². The van der Waals surface area contributed by atoms with Gasteiger partial charge in [0, 0.05) is 32.4 Å². The second kappa shape index (κ2) is 10.1. The minimum Gasteiger partial charge on any atom is -0.367 e. The summed E-state index contributed by atoms with van der Waals surface area (Å²) in [6.45, 7) is 10.7. The predicted molar refractivity (Wildman–Crippen MR) is 138 cm³/mol. The first kappa shape index (κ1) is 26.0. The molecule has 2 aromatic heterocycles. The van der Waals surface area contributed by atoms with Gasteiger partial charge in [0.1, 0.15) is 12.1 Å². The molecule has 4 rings (SSSR count). The molecule has 1 saturated heterocycles. The lowest BCUT2D eigenvalue weighted by Crippen LogP contribution is -2.41. The first-order valence-electron chi connectivity index (χ1n) is 12.2. The number of aromatic nitrogens is 4. The summed E-state index contributed by atoms with van der Waals surface area (Å²) < 4.78 is 25.3. The van der Waals surface area contributed by atoms with Crippen molar-refractivity contribution in [1.29, 1.82) is 0 Å². The average molecular weight is 515 g/mol. The second-order valence-electron chi connectivity index (χ2n) is 10.3. The van der Waals surface area contributed by atoms with Gasteiger partial charge in [0.15, 0.2) is 15.5 Å². The molecule has 0 bridgehead atoms. The lowest BCUT2D eigenvalue weighted by molar-refractivity contribution is -0.205. The van der Waals surface area contributed by atoms with E-state index >= 15 is 0 Å². The summed E-state index contributed by atoms with van der Waals surface area (Å²) >= 11 is 0. The summed E-state index contributed by atoms with van der Waals surface area (Å²) in [6.07, 6.45) is 6.33. The number of carbonyl (C=O) groups is 1. The molecule has 0 aliphatic carbocycles. The smallest absolute Gasteiger partial charge is 0.330 e. The van der Waals surface area contributed by atoms with Crippen LogP contribution in [0.3, 0.4) is 0 Å². The van der Waals surface area contributed by atoms with Crippen molar-refractivity contribution in [3.63, 3.8) is 0 Å². The Morgan fingerprint density at radius 3 is 2.39 bits per heavy atom. The molecule has 0 spiro atoms. The van der Waals surface area contributed by atoms with Crippen LogP contribution < -0.4 is 4.90 Å². The van der Waals surface area contributed by atoms with Gasteiger partial charge in [0.05, 0.1) is 27.6 Å². The molecule has 36 heavy (non-hydrogen) atoms. The first-order chi connectivity index (χ1) is 17.0. The molecule has 3 aromatic rings. The maximum atomic E-state index is 12.2. The number of carbonyl (C=O) groups excluding carboxylic acids is 1. The molecule has 3 heterocycles. The fourth-order valence-corrected chi connectivity index (χ4v) is 4.85. The Labute approximate surface area is 212 Å². The third kappa shape index (κ3) is 5.67. The second-order valence-corrected chi connectivity index (χ2v) is 12.3. The van der Waals surface area contributed by atoms with Crippen molar-refractivity contribution in [3.8, 4) is 5.69 Å². The molecular formula is C25H34N6O4S. The van der Waals surface area contributed by atoms with E-state index in [1.165, 1.54) is 12.6 Å². The molecule has 1 fully saturated rings. The van der Waals surface area contributed by atoms with Gasteiger partial charge in [-0.25, -0.2) is 27.9 Å². The molecule has 0 amide bonds. The minimum absolute atomic E-state index is 0.206. The average Bonchev–Trinajstić information content (AvgIpc) is 3.27. The van der Waals surface area contributed by atoms with Crippen LogP contribution in [0, 0.1) is 11.3 Å². The number of hydroxylamine groups is 2. The Balaban J connectivity index is 1.48. The molecule has 1 aliphatic rings. The van der Waals surface area contributed by atoms with E-state index in [4.69, 9.17) is 4.84 Å². The van der Waals surface area contributed by atoms with Gasteiger partial charge in [-0.3, -0.25) is 0 Å². The van der Waals surface area contributed by atoms with Crippen LogP contribution in [0.1, 0.15) is 40.5 Å². The highest BCUT2D eigenvalue weighted by atomic mass is 32.2. The Hall–Kier alpha value is -3.05. The summed E-state index contributed by atoms with van der Waals surface area (Å²) in [6, 6.07) is 6.60. The highest BCUT2D eigenvalue weighted by Gasteiger charge is 2.29. The van der Waals surface area contributed by atoms with Crippen LogP contribution in [0.15, 0.2) is 41.7 Å². The zero-order chi connectivity index (χ0) is 26.1. The largest absolute Gasteiger partial charge is 0.367 e. The van der Waals surface area contributed by atoms with Gasteiger partial charge in [0.25, 0.3) is 0 Å². The van der Waals surface area contributed by atoms with Gasteiger partial charge in [-0.05, 0) is 70.7 Å². The molecule has 1 aromatic carbocycles. The SMILES string of the molecule is CCN(CC1CCN(OC(=O)C(C)(C)C)CC1)c1ncnc2c1cnn2-c1ccc(S(C)(=O)=O)cc1. The van der Waals surface area contributed by atoms with Crippen molar-refractivity contribution in [1.82, 2.24) is 24.8 Å². The maximum Gasteiger partial charge on any atom is 0.330 e. The number of rotatable bonds is 7. The lowest BCUT2D eigenvalue weighted by atomic mass is 9.96. The van der Waals surface area contributed by atoms with Crippen molar-refractivity contribution in [3.05, 3.63) is 36.8 Å². The molecule has 0 N–H and O–H groups in total. The number of fused-ring (bicyclic) bond motifs is 1. The number of hydrogen-bond acceptors (Lipinski definition) is 9. The number of benzene rings is 1. The minimum atomic E-state index is -3.27.